The average molecular weight is 237 g/mol. The van der Waals surface area contributed by atoms with Gasteiger partial charge in [-0.15, -0.1) is 0 Å². The number of nitrogens with zero attached hydrogens (tertiary/aromatic N) is 2. The van der Waals surface area contributed by atoms with Gasteiger partial charge in [-0.1, -0.05) is 17.7 Å². The molecule has 0 saturated carbocycles. The van der Waals surface area contributed by atoms with Crippen LogP contribution in [-0.4, -0.2) is 9.36 Å². The van der Waals surface area contributed by atoms with Crippen LogP contribution in [0.4, 0.5) is 0 Å². The number of hydrogen-bond acceptors (Lipinski definition) is 2. The van der Waals surface area contributed by atoms with Crippen LogP contribution in [0.5, 0.6) is 0 Å². The van der Waals surface area contributed by atoms with Crippen LogP contribution in [0.1, 0.15) is 0 Å². The SMILES string of the molecule is Cn1c(=O)ccc(=O)n1-c1cccc(Cl)c1. The van der Waals surface area contributed by atoms with Gasteiger partial charge in [0.1, 0.15) is 0 Å². The molecule has 5 heteroatoms. The van der Waals surface area contributed by atoms with Gasteiger partial charge < -0.3 is 0 Å². The Balaban J connectivity index is 2.79. The highest BCUT2D eigenvalue weighted by Crippen LogP contribution is 2.12. The second-order valence-corrected chi connectivity index (χ2v) is 3.76. The Labute approximate surface area is 96.3 Å². The third-order valence-electron chi connectivity index (χ3n) is 2.25. The molecule has 0 radical (unpaired) electrons. The summed E-state index contributed by atoms with van der Waals surface area (Å²) in [5.41, 5.74) is 0.0432. The Morgan fingerprint density at radius 3 is 2.44 bits per heavy atom. The van der Waals surface area contributed by atoms with Crippen molar-refractivity contribution in [2.45, 2.75) is 0 Å². The topological polar surface area (TPSA) is 44.0 Å². The van der Waals surface area contributed by atoms with Gasteiger partial charge >= 0.3 is 0 Å². The lowest BCUT2D eigenvalue weighted by Crippen LogP contribution is -2.34. The first-order valence-electron chi connectivity index (χ1n) is 4.65. The molecular formula is C11H9ClN2O2. The van der Waals surface area contributed by atoms with Crippen molar-refractivity contribution < 1.29 is 0 Å². The Hall–Kier alpha value is -1.81. The summed E-state index contributed by atoms with van der Waals surface area (Å²) >= 11 is 5.84. The van der Waals surface area contributed by atoms with Gasteiger partial charge in [0.2, 0.25) is 0 Å². The van der Waals surface area contributed by atoms with Gasteiger partial charge in [-0.05, 0) is 18.2 Å². The van der Waals surface area contributed by atoms with E-state index in [1.807, 2.05) is 0 Å². The monoisotopic (exact) mass is 236 g/mol. The van der Waals surface area contributed by atoms with Crippen LogP contribution >= 0.6 is 11.6 Å². The van der Waals surface area contributed by atoms with Crippen molar-refractivity contribution in [2.75, 3.05) is 0 Å². The summed E-state index contributed by atoms with van der Waals surface area (Å²) in [5.74, 6) is 0. The molecule has 0 amide bonds. The number of halogens is 1. The van der Waals surface area contributed by atoms with Crippen molar-refractivity contribution in [3.05, 3.63) is 62.1 Å². The second-order valence-electron chi connectivity index (χ2n) is 3.33. The highest BCUT2D eigenvalue weighted by molar-refractivity contribution is 6.30. The molecule has 16 heavy (non-hydrogen) atoms. The van der Waals surface area contributed by atoms with E-state index < -0.39 is 0 Å². The van der Waals surface area contributed by atoms with Crippen molar-refractivity contribution in [1.82, 2.24) is 9.36 Å². The first kappa shape index (κ1) is 10.7. The molecule has 0 saturated heterocycles. The molecule has 0 aliphatic carbocycles. The van der Waals surface area contributed by atoms with E-state index in [0.29, 0.717) is 10.7 Å². The minimum atomic E-state index is -0.274. The molecule has 4 nitrogen and oxygen atoms in total. The highest BCUT2D eigenvalue weighted by Gasteiger charge is 2.04. The van der Waals surface area contributed by atoms with Crippen LogP contribution in [0, 0.1) is 0 Å². The summed E-state index contributed by atoms with van der Waals surface area (Å²) in [6.45, 7) is 0. The molecule has 0 bridgehead atoms. The number of aromatic nitrogens is 2. The van der Waals surface area contributed by atoms with Crippen molar-refractivity contribution >= 4 is 11.6 Å². The van der Waals surface area contributed by atoms with Crippen molar-refractivity contribution in [3.8, 4) is 5.69 Å². The lowest BCUT2D eigenvalue weighted by Gasteiger charge is -2.10. The van der Waals surface area contributed by atoms with E-state index in [-0.39, 0.29) is 11.1 Å². The molecule has 0 unspecified atom stereocenters. The molecule has 1 heterocycles. The van der Waals surface area contributed by atoms with Crippen LogP contribution < -0.4 is 11.1 Å². The van der Waals surface area contributed by atoms with Crippen LogP contribution in [0.2, 0.25) is 5.02 Å². The molecule has 0 N–H and O–H groups in total. The van der Waals surface area contributed by atoms with Gasteiger partial charge in [0.25, 0.3) is 11.1 Å². The van der Waals surface area contributed by atoms with Gasteiger partial charge in [-0.2, -0.15) is 0 Å². The van der Waals surface area contributed by atoms with Crippen molar-refractivity contribution in [1.29, 1.82) is 0 Å². The molecule has 0 aliphatic rings. The van der Waals surface area contributed by atoms with Crippen molar-refractivity contribution in [3.63, 3.8) is 0 Å². The average Bonchev–Trinajstić information content (AvgIpc) is 2.24. The minimum absolute atomic E-state index is 0.250. The zero-order valence-corrected chi connectivity index (χ0v) is 9.31. The summed E-state index contributed by atoms with van der Waals surface area (Å²) in [4.78, 5) is 23.1. The van der Waals surface area contributed by atoms with Gasteiger partial charge in [-0.25, -0.2) is 9.36 Å². The van der Waals surface area contributed by atoms with Crippen molar-refractivity contribution in [2.24, 2.45) is 7.05 Å². The quantitative estimate of drug-likeness (QED) is 0.747. The molecule has 0 aliphatic heterocycles. The zero-order chi connectivity index (χ0) is 11.7. The fourth-order valence-corrected chi connectivity index (χ4v) is 1.66. The molecule has 0 atom stereocenters. The van der Waals surface area contributed by atoms with Gasteiger partial charge in [-0.3, -0.25) is 9.59 Å². The van der Waals surface area contributed by atoms with E-state index in [0.717, 1.165) is 0 Å². The highest BCUT2D eigenvalue weighted by atomic mass is 35.5. The molecule has 2 aromatic rings. The largest absolute Gasteiger partial charge is 0.270 e. The number of rotatable bonds is 1. The number of benzene rings is 1. The van der Waals surface area contributed by atoms with E-state index in [9.17, 15) is 9.59 Å². The Bertz CT molecular complexity index is 643. The fraction of sp³-hybridized carbons (Fsp3) is 0.0909. The van der Waals surface area contributed by atoms with Crippen LogP contribution in [0.15, 0.2) is 46.0 Å². The molecule has 1 aromatic carbocycles. The Kier molecular flexibility index (Phi) is 2.66. The third-order valence-corrected chi connectivity index (χ3v) is 2.48. The summed E-state index contributed by atoms with van der Waals surface area (Å²) in [5, 5.41) is 0.515. The molecule has 0 fully saturated rings. The summed E-state index contributed by atoms with van der Waals surface area (Å²) < 4.78 is 2.52. The van der Waals surface area contributed by atoms with Gasteiger partial charge in [0, 0.05) is 24.2 Å². The number of hydrogen-bond donors (Lipinski definition) is 0. The normalized spacial score (nSPS) is 10.4. The molecule has 1 aromatic heterocycles. The molecule has 0 spiro atoms. The van der Waals surface area contributed by atoms with E-state index in [4.69, 9.17) is 11.6 Å². The fourth-order valence-electron chi connectivity index (χ4n) is 1.48. The second kappa shape index (κ2) is 3.98. The maximum absolute atomic E-state index is 11.7. The minimum Gasteiger partial charge on any atom is -0.268 e. The first-order valence-corrected chi connectivity index (χ1v) is 5.03. The van der Waals surface area contributed by atoms with Gasteiger partial charge in [0.15, 0.2) is 0 Å². The molecule has 82 valence electrons. The third kappa shape index (κ3) is 1.79. The predicted molar refractivity (Wildman–Crippen MR) is 62.3 cm³/mol. The zero-order valence-electron chi connectivity index (χ0n) is 8.55. The van der Waals surface area contributed by atoms with Crippen LogP contribution in [-0.2, 0) is 7.05 Å². The van der Waals surface area contributed by atoms with E-state index in [1.165, 1.54) is 28.5 Å². The van der Waals surface area contributed by atoms with Crippen LogP contribution in [0.3, 0.4) is 0 Å². The lowest BCUT2D eigenvalue weighted by atomic mass is 10.3. The summed E-state index contributed by atoms with van der Waals surface area (Å²) in [7, 11) is 1.53. The molecule has 2 rings (SSSR count). The lowest BCUT2D eigenvalue weighted by molar-refractivity contribution is 0.593. The Morgan fingerprint density at radius 1 is 1.06 bits per heavy atom. The molecular weight excluding hydrogens is 228 g/mol. The summed E-state index contributed by atoms with van der Waals surface area (Å²) in [6.07, 6.45) is 0. The van der Waals surface area contributed by atoms with Gasteiger partial charge in [0.05, 0.1) is 5.69 Å². The maximum atomic E-state index is 11.7. The summed E-state index contributed by atoms with van der Waals surface area (Å²) in [6, 6.07) is 9.25. The standard InChI is InChI=1S/C11H9ClN2O2/c1-13-10(15)5-6-11(16)14(13)9-4-2-3-8(12)7-9/h2-7H,1H3. The first-order chi connectivity index (χ1) is 7.59. The van der Waals surface area contributed by atoms with E-state index in [1.54, 1.807) is 24.3 Å². The van der Waals surface area contributed by atoms with E-state index >= 15 is 0 Å². The van der Waals surface area contributed by atoms with Crippen LogP contribution in [0.25, 0.3) is 5.69 Å². The maximum Gasteiger partial charge on any atom is 0.270 e. The predicted octanol–water partition coefficient (Wildman–Crippen LogP) is 1.19. The smallest absolute Gasteiger partial charge is 0.268 e. The van der Waals surface area contributed by atoms with E-state index in [2.05, 4.69) is 0 Å². The Morgan fingerprint density at radius 2 is 1.75 bits per heavy atom.